The molecular weight excluding hydrogens is 428 g/mol. The minimum Gasteiger partial charge on any atom is -0.436 e. The van der Waals surface area contributed by atoms with Crippen LogP contribution in [0.3, 0.4) is 0 Å². The summed E-state index contributed by atoms with van der Waals surface area (Å²) in [6, 6.07) is 26.8. The molecule has 0 saturated carbocycles. The lowest BCUT2D eigenvalue weighted by Gasteiger charge is -2.06. The molecule has 5 heteroatoms. The number of carbonyl (C=O) groups is 1. The number of halogens is 1. The molecule has 5 rings (SSSR count). The Kier molecular flexibility index (Phi) is 4.37. The third kappa shape index (κ3) is 3.41. The van der Waals surface area contributed by atoms with Gasteiger partial charge in [-0.25, -0.2) is 4.98 Å². The van der Waals surface area contributed by atoms with Gasteiger partial charge in [-0.2, -0.15) is 0 Å². The molecule has 1 aromatic heterocycles. The van der Waals surface area contributed by atoms with Crippen LogP contribution in [0.1, 0.15) is 10.4 Å². The summed E-state index contributed by atoms with van der Waals surface area (Å²) in [4.78, 5) is 17.2. The van der Waals surface area contributed by atoms with Crippen LogP contribution in [0.2, 0.25) is 0 Å². The van der Waals surface area contributed by atoms with Gasteiger partial charge in [-0.05, 0) is 53.9 Å². The van der Waals surface area contributed by atoms with Crippen LogP contribution in [0.4, 0.5) is 5.69 Å². The van der Waals surface area contributed by atoms with E-state index in [1.807, 2.05) is 66.7 Å². The second kappa shape index (κ2) is 7.18. The minimum atomic E-state index is -0.168. The second-order valence-corrected chi connectivity index (χ2v) is 7.61. The molecule has 4 nitrogen and oxygen atoms in total. The molecule has 0 fully saturated rings. The highest BCUT2D eigenvalue weighted by Gasteiger charge is 2.12. The zero-order valence-corrected chi connectivity index (χ0v) is 16.8. The van der Waals surface area contributed by atoms with E-state index in [4.69, 9.17) is 9.40 Å². The summed E-state index contributed by atoms with van der Waals surface area (Å²) in [7, 11) is 0. The van der Waals surface area contributed by atoms with E-state index in [1.165, 1.54) is 0 Å². The van der Waals surface area contributed by atoms with Crippen LogP contribution in [0.25, 0.3) is 33.3 Å². The van der Waals surface area contributed by atoms with Crippen LogP contribution in [0.15, 0.2) is 93.8 Å². The third-order valence-corrected chi connectivity index (χ3v) is 5.29. The molecule has 0 spiro atoms. The number of anilines is 1. The van der Waals surface area contributed by atoms with Crippen molar-refractivity contribution < 1.29 is 9.21 Å². The number of aromatic nitrogens is 1. The van der Waals surface area contributed by atoms with Gasteiger partial charge in [-0.15, -0.1) is 0 Å². The molecule has 140 valence electrons. The van der Waals surface area contributed by atoms with Crippen molar-refractivity contribution in [3.05, 3.63) is 95.0 Å². The van der Waals surface area contributed by atoms with Gasteiger partial charge in [0.05, 0.1) is 0 Å². The van der Waals surface area contributed by atoms with E-state index in [2.05, 4.69) is 27.3 Å². The van der Waals surface area contributed by atoms with Gasteiger partial charge in [0.15, 0.2) is 5.58 Å². The standard InChI is InChI=1S/C24H15BrN2O2/c25-18-11-8-16(9-12-18)23(28)26-19-6-3-5-17(14-19)24-27-22-20-7-2-1-4-15(20)10-13-21(22)29-24/h1-14H,(H,26,28). The smallest absolute Gasteiger partial charge is 0.255 e. The van der Waals surface area contributed by atoms with E-state index in [9.17, 15) is 4.79 Å². The molecule has 1 heterocycles. The fourth-order valence-corrected chi connectivity index (χ4v) is 3.58. The van der Waals surface area contributed by atoms with Crippen LogP contribution in [-0.2, 0) is 0 Å². The molecule has 0 atom stereocenters. The monoisotopic (exact) mass is 442 g/mol. The Bertz CT molecular complexity index is 1360. The molecule has 0 unspecified atom stereocenters. The Morgan fingerprint density at radius 2 is 1.72 bits per heavy atom. The number of hydrogen-bond donors (Lipinski definition) is 1. The van der Waals surface area contributed by atoms with Gasteiger partial charge in [0.1, 0.15) is 5.52 Å². The molecule has 4 aromatic carbocycles. The molecule has 1 N–H and O–H groups in total. The maximum Gasteiger partial charge on any atom is 0.255 e. The van der Waals surface area contributed by atoms with Crippen molar-refractivity contribution in [2.24, 2.45) is 0 Å². The summed E-state index contributed by atoms with van der Waals surface area (Å²) in [5, 5.41) is 5.10. The first-order valence-electron chi connectivity index (χ1n) is 9.13. The molecule has 5 aromatic rings. The molecule has 0 aliphatic rings. The maximum absolute atomic E-state index is 12.5. The Labute approximate surface area is 175 Å². The van der Waals surface area contributed by atoms with Crippen LogP contribution >= 0.6 is 15.9 Å². The van der Waals surface area contributed by atoms with E-state index in [1.54, 1.807) is 12.1 Å². The van der Waals surface area contributed by atoms with Crippen molar-refractivity contribution in [2.45, 2.75) is 0 Å². The largest absolute Gasteiger partial charge is 0.436 e. The van der Waals surface area contributed by atoms with Crippen molar-refractivity contribution in [2.75, 3.05) is 5.32 Å². The highest BCUT2D eigenvalue weighted by Crippen LogP contribution is 2.30. The van der Waals surface area contributed by atoms with Crippen LogP contribution in [-0.4, -0.2) is 10.9 Å². The molecule has 0 saturated heterocycles. The molecule has 0 aliphatic carbocycles. The topological polar surface area (TPSA) is 55.1 Å². The van der Waals surface area contributed by atoms with Gasteiger partial charge < -0.3 is 9.73 Å². The lowest BCUT2D eigenvalue weighted by Crippen LogP contribution is -2.11. The Morgan fingerprint density at radius 3 is 2.59 bits per heavy atom. The molecule has 0 aliphatic heterocycles. The minimum absolute atomic E-state index is 0.168. The quantitative estimate of drug-likeness (QED) is 0.339. The Morgan fingerprint density at radius 1 is 0.897 bits per heavy atom. The predicted octanol–water partition coefficient (Wildman–Crippen LogP) is 6.66. The van der Waals surface area contributed by atoms with Crippen molar-refractivity contribution >= 4 is 49.4 Å². The summed E-state index contributed by atoms with van der Waals surface area (Å²) in [6.45, 7) is 0. The number of oxazole rings is 1. The fraction of sp³-hybridized carbons (Fsp3) is 0. The highest BCUT2D eigenvalue weighted by molar-refractivity contribution is 9.10. The molecular formula is C24H15BrN2O2. The first-order chi connectivity index (χ1) is 14.2. The molecule has 1 amide bonds. The molecule has 0 radical (unpaired) electrons. The van der Waals surface area contributed by atoms with E-state index in [0.717, 1.165) is 31.9 Å². The fourth-order valence-electron chi connectivity index (χ4n) is 3.32. The number of hydrogen-bond acceptors (Lipinski definition) is 3. The van der Waals surface area contributed by atoms with Crippen molar-refractivity contribution in [1.82, 2.24) is 4.98 Å². The average Bonchev–Trinajstić information content (AvgIpc) is 3.19. The van der Waals surface area contributed by atoms with Crippen molar-refractivity contribution in [3.63, 3.8) is 0 Å². The summed E-state index contributed by atoms with van der Waals surface area (Å²) in [6.07, 6.45) is 0. The van der Waals surface area contributed by atoms with E-state index in [-0.39, 0.29) is 5.91 Å². The lowest BCUT2D eigenvalue weighted by molar-refractivity contribution is 0.102. The van der Waals surface area contributed by atoms with Crippen LogP contribution < -0.4 is 5.32 Å². The third-order valence-electron chi connectivity index (χ3n) is 4.76. The first-order valence-corrected chi connectivity index (χ1v) is 9.92. The Balaban J connectivity index is 1.48. The second-order valence-electron chi connectivity index (χ2n) is 6.69. The number of nitrogens with one attached hydrogen (secondary N) is 1. The molecule has 0 bridgehead atoms. The van der Waals surface area contributed by atoms with Gasteiger partial charge in [0.2, 0.25) is 5.89 Å². The number of amides is 1. The molecule has 29 heavy (non-hydrogen) atoms. The van der Waals surface area contributed by atoms with Gasteiger partial charge in [0, 0.05) is 26.7 Å². The van der Waals surface area contributed by atoms with Crippen LogP contribution in [0, 0.1) is 0 Å². The number of carbonyl (C=O) groups excluding carboxylic acids is 1. The summed E-state index contributed by atoms with van der Waals surface area (Å²) in [5.74, 6) is 0.356. The lowest BCUT2D eigenvalue weighted by atomic mass is 10.1. The van der Waals surface area contributed by atoms with Crippen molar-refractivity contribution in [3.8, 4) is 11.5 Å². The zero-order chi connectivity index (χ0) is 19.8. The van der Waals surface area contributed by atoms with Gasteiger partial charge in [0.25, 0.3) is 5.91 Å². The Hall–Kier alpha value is -3.44. The number of benzene rings is 4. The summed E-state index contributed by atoms with van der Waals surface area (Å²) < 4.78 is 6.92. The number of nitrogens with zero attached hydrogens (tertiary/aromatic N) is 1. The van der Waals surface area contributed by atoms with E-state index >= 15 is 0 Å². The first kappa shape index (κ1) is 17.6. The van der Waals surface area contributed by atoms with Crippen molar-refractivity contribution in [1.29, 1.82) is 0 Å². The van der Waals surface area contributed by atoms with E-state index < -0.39 is 0 Å². The van der Waals surface area contributed by atoms with E-state index in [0.29, 0.717) is 17.1 Å². The van der Waals surface area contributed by atoms with Gasteiger partial charge in [-0.1, -0.05) is 52.3 Å². The number of fused-ring (bicyclic) bond motifs is 3. The normalized spacial score (nSPS) is 11.1. The zero-order valence-electron chi connectivity index (χ0n) is 15.2. The summed E-state index contributed by atoms with van der Waals surface area (Å²) >= 11 is 3.38. The highest BCUT2D eigenvalue weighted by atomic mass is 79.9. The van der Waals surface area contributed by atoms with Gasteiger partial charge >= 0.3 is 0 Å². The predicted molar refractivity (Wildman–Crippen MR) is 119 cm³/mol. The average molecular weight is 443 g/mol. The number of rotatable bonds is 3. The SMILES string of the molecule is O=C(Nc1cccc(-c2nc3c(ccc4ccccc43)o2)c1)c1ccc(Br)cc1. The summed E-state index contributed by atoms with van der Waals surface area (Å²) in [5.41, 5.74) is 3.65. The van der Waals surface area contributed by atoms with Crippen LogP contribution in [0.5, 0.6) is 0 Å². The maximum atomic E-state index is 12.5. The van der Waals surface area contributed by atoms with Gasteiger partial charge in [-0.3, -0.25) is 4.79 Å².